The molecule has 0 bridgehead atoms. The van der Waals surface area contributed by atoms with Gasteiger partial charge in [0.15, 0.2) is 0 Å². The van der Waals surface area contributed by atoms with E-state index in [1.807, 2.05) is 17.8 Å². The van der Waals surface area contributed by atoms with E-state index in [-0.39, 0.29) is 0 Å². The van der Waals surface area contributed by atoms with Gasteiger partial charge in [0, 0.05) is 18.3 Å². The molecule has 0 aliphatic rings. The summed E-state index contributed by atoms with van der Waals surface area (Å²) in [5, 5.41) is 18.2. The van der Waals surface area contributed by atoms with Gasteiger partial charge in [-0.05, 0) is 37.8 Å². The quantitative estimate of drug-likeness (QED) is 0.678. The molecule has 2 N–H and O–H groups in total. The number of ether oxygens (including phenoxy) is 1. The third-order valence-corrected chi connectivity index (χ3v) is 3.85. The number of hydrogen-bond acceptors (Lipinski definition) is 5. The first-order valence-electron chi connectivity index (χ1n) is 6.32. The van der Waals surface area contributed by atoms with Crippen molar-refractivity contribution in [1.82, 2.24) is 4.90 Å². The molecular weight excluding hydrogens is 261 g/mol. The van der Waals surface area contributed by atoms with Crippen LogP contribution in [0.25, 0.3) is 0 Å². The Morgan fingerprint density at radius 2 is 2.16 bits per heavy atom. The Kier molecular flexibility index (Phi) is 7.30. The normalized spacial score (nSPS) is 12.5. The van der Waals surface area contributed by atoms with Crippen LogP contribution in [0.4, 0.5) is 0 Å². The van der Waals surface area contributed by atoms with E-state index in [9.17, 15) is 0 Å². The lowest BCUT2D eigenvalue weighted by Crippen LogP contribution is -2.34. The van der Waals surface area contributed by atoms with Crippen LogP contribution < -0.4 is 10.2 Å². The minimum absolute atomic E-state index is 0.446. The van der Waals surface area contributed by atoms with Gasteiger partial charge in [-0.25, -0.2) is 0 Å². The molecule has 1 aromatic carbocycles. The molecule has 1 rings (SSSR count). The Hall–Kier alpha value is -0.685. The zero-order valence-corrected chi connectivity index (χ0v) is 12.6. The molecule has 0 aliphatic heterocycles. The van der Waals surface area contributed by atoms with Gasteiger partial charge in [-0.15, -0.1) is 0 Å². The molecule has 0 spiro atoms. The second-order valence-electron chi connectivity index (χ2n) is 4.58. The minimum atomic E-state index is -1.45. The van der Waals surface area contributed by atoms with E-state index in [1.165, 1.54) is 0 Å². The standard InChI is InChI=1S/C13H22BNO3S/c1-11(10-19-3)15(2)7-8-18-13-6-4-5-12(9-13)14(16)17/h4-6,9,11,16-17H,7-8,10H2,1-3H3. The van der Waals surface area contributed by atoms with Crippen molar-refractivity contribution < 1.29 is 14.8 Å². The number of hydrogen-bond donors (Lipinski definition) is 2. The molecule has 6 heteroatoms. The zero-order valence-electron chi connectivity index (χ0n) is 11.7. The molecule has 1 atom stereocenters. The van der Waals surface area contributed by atoms with Gasteiger partial charge in [0.2, 0.25) is 0 Å². The summed E-state index contributed by atoms with van der Waals surface area (Å²) in [6.45, 7) is 3.62. The molecule has 1 aromatic rings. The van der Waals surface area contributed by atoms with E-state index in [4.69, 9.17) is 14.8 Å². The Balaban J connectivity index is 2.38. The Morgan fingerprint density at radius 3 is 2.79 bits per heavy atom. The molecule has 0 heterocycles. The van der Waals surface area contributed by atoms with Crippen LogP contribution in [0.5, 0.6) is 5.75 Å². The van der Waals surface area contributed by atoms with Gasteiger partial charge in [0.1, 0.15) is 12.4 Å². The number of likely N-dealkylation sites (N-methyl/N-ethyl adjacent to an activating group) is 1. The lowest BCUT2D eigenvalue weighted by Gasteiger charge is -2.23. The van der Waals surface area contributed by atoms with Crippen LogP contribution in [-0.2, 0) is 0 Å². The molecule has 0 saturated heterocycles. The summed E-state index contributed by atoms with van der Waals surface area (Å²) >= 11 is 1.84. The smallest absolute Gasteiger partial charge is 0.488 e. The summed E-state index contributed by atoms with van der Waals surface area (Å²) in [7, 11) is 0.630. The van der Waals surface area contributed by atoms with Crippen molar-refractivity contribution in [3.8, 4) is 5.75 Å². The molecule has 0 aliphatic carbocycles. The predicted octanol–water partition coefficient (Wildman–Crippen LogP) is 0.428. The average molecular weight is 283 g/mol. The molecule has 0 fully saturated rings. The largest absolute Gasteiger partial charge is 0.492 e. The van der Waals surface area contributed by atoms with Crippen LogP contribution >= 0.6 is 11.8 Å². The Morgan fingerprint density at radius 1 is 1.42 bits per heavy atom. The average Bonchev–Trinajstić information content (AvgIpc) is 2.39. The Bertz CT molecular complexity index is 379. The van der Waals surface area contributed by atoms with E-state index in [0.717, 1.165) is 12.3 Å². The van der Waals surface area contributed by atoms with Crippen molar-refractivity contribution in [2.75, 3.05) is 32.2 Å². The van der Waals surface area contributed by atoms with Crippen molar-refractivity contribution in [2.24, 2.45) is 0 Å². The number of rotatable bonds is 8. The fourth-order valence-corrected chi connectivity index (χ4v) is 2.40. The third kappa shape index (κ3) is 5.86. The van der Waals surface area contributed by atoms with Crippen LogP contribution in [-0.4, -0.2) is 60.3 Å². The minimum Gasteiger partial charge on any atom is -0.492 e. The van der Waals surface area contributed by atoms with Gasteiger partial charge in [0.25, 0.3) is 0 Å². The summed E-state index contributed by atoms with van der Waals surface area (Å²) in [4.78, 5) is 2.25. The van der Waals surface area contributed by atoms with Gasteiger partial charge < -0.3 is 14.8 Å². The molecule has 1 unspecified atom stereocenters. The lowest BCUT2D eigenvalue weighted by atomic mass is 9.80. The second-order valence-corrected chi connectivity index (χ2v) is 5.49. The van der Waals surface area contributed by atoms with Crippen molar-refractivity contribution in [2.45, 2.75) is 13.0 Å². The highest BCUT2D eigenvalue weighted by Crippen LogP contribution is 2.08. The highest BCUT2D eigenvalue weighted by atomic mass is 32.2. The molecule has 19 heavy (non-hydrogen) atoms. The molecule has 0 amide bonds. The Labute approximate surface area is 119 Å². The summed E-state index contributed by atoms with van der Waals surface area (Å²) in [5.41, 5.74) is 0.446. The maximum Gasteiger partial charge on any atom is 0.488 e. The highest BCUT2D eigenvalue weighted by molar-refractivity contribution is 7.98. The fraction of sp³-hybridized carbons (Fsp3) is 0.538. The van der Waals surface area contributed by atoms with E-state index >= 15 is 0 Å². The van der Waals surface area contributed by atoms with E-state index in [1.54, 1.807) is 18.2 Å². The molecule has 106 valence electrons. The SMILES string of the molecule is CSCC(C)N(C)CCOc1cccc(B(O)O)c1. The maximum absolute atomic E-state index is 9.08. The highest BCUT2D eigenvalue weighted by Gasteiger charge is 2.11. The van der Waals surface area contributed by atoms with E-state index in [0.29, 0.717) is 23.9 Å². The van der Waals surface area contributed by atoms with Gasteiger partial charge in [0.05, 0.1) is 0 Å². The van der Waals surface area contributed by atoms with Crippen molar-refractivity contribution in [1.29, 1.82) is 0 Å². The summed E-state index contributed by atoms with van der Waals surface area (Å²) in [6.07, 6.45) is 2.10. The lowest BCUT2D eigenvalue weighted by molar-refractivity contribution is 0.210. The topological polar surface area (TPSA) is 52.9 Å². The number of benzene rings is 1. The molecule has 4 nitrogen and oxygen atoms in total. The predicted molar refractivity (Wildman–Crippen MR) is 82.2 cm³/mol. The first-order valence-corrected chi connectivity index (χ1v) is 7.72. The van der Waals surface area contributed by atoms with Gasteiger partial charge in [-0.2, -0.15) is 11.8 Å². The first kappa shape index (κ1) is 16.4. The van der Waals surface area contributed by atoms with Crippen molar-refractivity contribution in [3.05, 3.63) is 24.3 Å². The maximum atomic E-state index is 9.08. The third-order valence-electron chi connectivity index (χ3n) is 3.03. The fourth-order valence-electron chi connectivity index (χ4n) is 1.66. The molecular formula is C13H22BNO3S. The number of thioether (sulfide) groups is 1. The van der Waals surface area contributed by atoms with E-state index in [2.05, 4.69) is 25.1 Å². The monoisotopic (exact) mass is 283 g/mol. The van der Waals surface area contributed by atoms with Gasteiger partial charge in [-0.1, -0.05) is 12.1 Å². The zero-order chi connectivity index (χ0) is 14.3. The molecule has 0 aromatic heterocycles. The second kappa shape index (κ2) is 8.48. The first-order chi connectivity index (χ1) is 9.04. The van der Waals surface area contributed by atoms with Crippen molar-refractivity contribution in [3.63, 3.8) is 0 Å². The van der Waals surface area contributed by atoms with Gasteiger partial charge >= 0.3 is 7.12 Å². The summed E-state index contributed by atoms with van der Waals surface area (Å²) in [5.74, 6) is 1.76. The van der Waals surface area contributed by atoms with Crippen LogP contribution in [0.15, 0.2) is 24.3 Å². The summed E-state index contributed by atoms with van der Waals surface area (Å²) < 4.78 is 5.63. The van der Waals surface area contributed by atoms with Crippen LogP contribution in [0.2, 0.25) is 0 Å². The molecule has 0 radical (unpaired) electrons. The van der Waals surface area contributed by atoms with Gasteiger partial charge in [-0.3, -0.25) is 4.90 Å². The van der Waals surface area contributed by atoms with Crippen LogP contribution in [0, 0.1) is 0 Å². The van der Waals surface area contributed by atoms with Crippen LogP contribution in [0.3, 0.4) is 0 Å². The summed E-state index contributed by atoms with van der Waals surface area (Å²) in [6, 6.07) is 7.39. The van der Waals surface area contributed by atoms with Crippen LogP contribution in [0.1, 0.15) is 6.92 Å². The van der Waals surface area contributed by atoms with E-state index < -0.39 is 7.12 Å². The molecule has 0 saturated carbocycles. The number of nitrogens with zero attached hydrogens (tertiary/aromatic N) is 1. The van der Waals surface area contributed by atoms with Crippen molar-refractivity contribution >= 4 is 24.3 Å².